The largest absolute Gasteiger partial charge is 0.393 e. The molecule has 6 aliphatic rings. The van der Waals surface area contributed by atoms with Crippen LogP contribution in [0.4, 0.5) is 0 Å². The zero-order valence-corrected chi connectivity index (χ0v) is 31.7. The van der Waals surface area contributed by atoms with E-state index in [0.29, 0.717) is 24.3 Å². The normalized spacial score (nSPS) is 38.8. The van der Waals surface area contributed by atoms with E-state index in [1.165, 1.54) is 11.3 Å². The number of allylic oxidation sites excluding steroid dienone is 2. The molecule has 268 valence electrons. The van der Waals surface area contributed by atoms with Crippen LogP contribution in [0, 0.1) is 28.6 Å². The second-order valence-corrected chi connectivity index (χ2v) is 18.8. The summed E-state index contributed by atoms with van der Waals surface area (Å²) >= 11 is 0. The van der Waals surface area contributed by atoms with Crippen LogP contribution in [0.3, 0.4) is 0 Å². The van der Waals surface area contributed by atoms with Crippen molar-refractivity contribution in [2.24, 2.45) is 28.6 Å². The Morgan fingerprint density at radius 2 is 1.80 bits per heavy atom. The van der Waals surface area contributed by atoms with E-state index >= 15 is 0 Å². The molecule has 0 saturated heterocycles. The van der Waals surface area contributed by atoms with Gasteiger partial charge >= 0.3 is 0 Å². The van der Waals surface area contributed by atoms with Crippen LogP contribution in [-0.2, 0) is 21.4 Å². The molecular weight excluding hydrogens is 624 g/mol. The summed E-state index contributed by atoms with van der Waals surface area (Å²) in [5.74, 6) is 0.361. The van der Waals surface area contributed by atoms with Crippen LogP contribution >= 0.6 is 0 Å². The first-order valence-corrected chi connectivity index (χ1v) is 18.8. The van der Waals surface area contributed by atoms with Crippen LogP contribution in [0.15, 0.2) is 36.4 Å². The molecule has 8 rings (SSSR count). The van der Waals surface area contributed by atoms with Gasteiger partial charge in [-0.3, -0.25) is 9.59 Å². The maximum absolute atomic E-state index is 14.9. The number of carbonyl (C=O) groups excluding carboxylic acids is 2. The highest BCUT2D eigenvalue weighted by atomic mass is 16.5. The molecular formula is C43H56N2O5. The third kappa shape index (κ3) is 4.03. The predicted molar refractivity (Wildman–Crippen MR) is 197 cm³/mol. The molecule has 1 aromatic carbocycles. The molecule has 9 atom stereocenters. The Kier molecular flexibility index (Phi) is 7.04. The standard InChI is InChI=1S/C43H56N2O5/c1-22(2)34-37(49)32-31-24(27-21-39(3,4)50-40(5,6)33(27)36(31)48)20-25-26-19-23-14-15-28-41(7,17-12-13-30(47)44(10)11)29(46)16-18-42(28,8)43(23,9)38(26)45(34)35(25)32/h12-13,20-21,23,28-29,33-34,36,46,48H,1,14-19H2,2-11H3/b13-12+/t23-,28-,29-,33+,34-,36+,41-,42-,43+/m0/s1. The number of nitrogens with zero attached hydrogens (tertiary/aromatic N) is 2. The fourth-order valence-electron chi connectivity index (χ4n) is 12.8. The van der Waals surface area contributed by atoms with Gasteiger partial charge in [0.15, 0.2) is 5.78 Å². The van der Waals surface area contributed by atoms with Crippen molar-refractivity contribution >= 4 is 28.2 Å². The number of likely N-dealkylation sites (N-methyl/N-ethyl adjacent to an activating group) is 1. The first kappa shape index (κ1) is 34.1. The van der Waals surface area contributed by atoms with E-state index in [-0.39, 0.29) is 34.4 Å². The fourth-order valence-corrected chi connectivity index (χ4v) is 12.8. The molecule has 1 amide bonds. The van der Waals surface area contributed by atoms with Gasteiger partial charge in [-0.1, -0.05) is 39.0 Å². The smallest absolute Gasteiger partial charge is 0.245 e. The van der Waals surface area contributed by atoms with Gasteiger partial charge in [0.2, 0.25) is 5.91 Å². The van der Waals surface area contributed by atoms with E-state index in [2.05, 4.69) is 71.8 Å². The quantitative estimate of drug-likeness (QED) is 0.256. The van der Waals surface area contributed by atoms with Gasteiger partial charge < -0.3 is 24.4 Å². The Balaban J connectivity index is 1.34. The Morgan fingerprint density at radius 1 is 1.10 bits per heavy atom. The van der Waals surface area contributed by atoms with Gasteiger partial charge in [0.05, 0.1) is 34.5 Å². The lowest BCUT2D eigenvalue weighted by atomic mass is 9.40. The zero-order chi connectivity index (χ0) is 36.2. The number of aliphatic hydroxyl groups excluding tert-OH is 2. The summed E-state index contributed by atoms with van der Waals surface area (Å²) < 4.78 is 8.90. The highest BCUT2D eigenvalue weighted by molar-refractivity contribution is 6.18. The molecule has 1 aromatic heterocycles. The van der Waals surface area contributed by atoms with E-state index in [1.54, 1.807) is 25.1 Å². The van der Waals surface area contributed by atoms with Gasteiger partial charge in [-0.15, -0.1) is 0 Å². The molecule has 0 unspecified atom stereocenters. The number of benzene rings is 1. The number of carbonyl (C=O) groups is 2. The molecule has 50 heavy (non-hydrogen) atoms. The average molecular weight is 681 g/mol. The third-order valence-corrected chi connectivity index (χ3v) is 15.0. The number of aliphatic hydroxyl groups is 2. The van der Waals surface area contributed by atoms with Crippen molar-refractivity contribution in [2.45, 2.75) is 129 Å². The van der Waals surface area contributed by atoms with Gasteiger partial charge in [-0.05, 0) is 125 Å². The summed E-state index contributed by atoms with van der Waals surface area (Å²) in [5.41, 5.74) is 6.01. The van der Waals surface area contributed by atoms with Crippen molar-refractivity contribution < 1.29 is 24.5 Å². The number of hydrogen-bond donors (Lipinski definition) is 2. The van der Waals surface area contributed by atoms with Crippen LogP contribution in [0.25, 0.3) is 16.5 Å². The summed E-state index contributed by atoms with van der Waals surface area (Å²) in [5, 5.41) is 25.0. The molecule has 7 nitrogen and oxygen atoms in total. The molecule has 2 saturated carbocycles. The summed E-state index contributed by atoms with van der Waals surface area (Å²) in [6.45, 7) is 21.8. The van der Waals surface area contributed by atoms with E-state index in [9.17, 15) is 19.8 Å². The lowest BCUT2D eigenvalue weighted by Gasteiger charge is -2.65. The molecule has 2 aromatic rings. The van der Waals surface area contributed by atoms with Crippen molar-refractivity contribution in [3.8, 4) is 0 Å². The van der Waals surface area contributed by atoms with Crippen LogP contribution in [0.1, 0.15) is 132 Å². The Labute approximate surface area is 297 Å². The van der Waals surface area contributed by atoms with E-state index in [1.807, 2.05) is 13.0 Å². The molecule has 3 heterocycles. The SMILES string of the molecule is C=C(C)[C@H]1C(=O)c2c3c(cc4c5c(n1c24)[C@@]1(C)[C@@H](CC[C@H]2[C@](C)(C/C=C/C(=O)N(C)C)[C@@H](O)CC[C@@]21C)C5)C1=CC(C)(C)OC(C)(C)[C@H]1[C@@H]3O. The molecule has 4 aliphatic carbocycles. The maximum Gasteiger partial charge on any atom is 0.245 e. The minimum atomic E-state index is -0.847. The number of aromatic nitrogens is 1. The monoisotopic (exact) mass is 680 g/mol. The Morgan fingerprint density at radius 3 is 2.46 bits per heavy atom. The predicted octanol–water partition coefficient (Wildman–Crippen LogP) is 7.63. The Bertz CT molecular complexity index is 1960. The second-order valence-electron chi connectivity index (χ2n) is 18.8. The number of Topliss-reactive ketones (excluding diaryl/α,β-unsaturated/α-hetero) is 1. The van der Waals surface area contributed by atoms with Crippen molar-refractivity contribution in [3.05, 3.63) is 64.4 Å². The van der Waals surface area contributed by atoms with E-state index in [4.69, 9.17) is 4.74 Å². The van der Waals surface area contributed by atoms with Crippen LogP contribution in [0.5, 0.6) is 0 Å². The van der Waals surface area contributed by atoms with Crippen LogP contribution in [0.2, 0.25) is 0 Å². The van der Waals surface area contributed by atoms with Crippen molar-refractivity contribution in [2.75, 3.05) is 14.1 Å². The minimum absolute atomic E-state index is 0.0394. The summed E-state index contributed by atoms with van der Waals surface area (Å²) in [6.07, 6.45) is 9.76. The van der Waals surface area contributed by atoms with Gasteiger partial charge in [0.1, 0.15) is 6.04 Å². The number of ketones is 1. The summed E-state index contributed by atoms with van der Waals surface area (Å²) in [6, 6.07) is 1.79. The topological polar surface area (TPSA) is 92.0 Å². The van der Waals surface area contributed by atoms with E-state index in [0.717, 1.165) is 58.9 Å². The number of hydrogen-bond acceptors (Lipinski definition) is 5. The zero-order valence-electron chi connectivity index (χ0n) is 31.7. The molecule has 7 heteroatoms. The number of amides is 1. The van der Waals surface area contributed by atoms with Gasteiger partial charge in [-0.25, -0.2) is 0 Å². The van der Waals surface area contributed by atoms with Crippen molar-refractivity contribution in [1.29, 1.82) is 0 Å². The first-order chi connectivity index (χ1) is 23.2. The van der Waals surface area contributed by atoms with Gasteiger partial charge in [0.25, 0.3) is 0 Å². The summed E-state index contributed by atoms with van der Waals surface area (Å²) in [4.78, 5) is 28.9. The average Bonchev–Trinajstić information content (AvgIpc) is 3.67. The number of rotatable bonds is 4. The molecule has 0 radical (unpaired) electrons. The second kappa shape index (κ2) is 10.3. The highest BCUT2D eigenvalue weighted by Gasteiger charge is 2.68. The number of fused-ring (bicyclic) bond motifs is 11. The molecule has 0 spiro atoms. The molecule has 2 N–H and O–H groups in total. The lowest BCUT2D eigenvalue weighted by Crippen LogP contribution is -2.62. The maximum atomic E-state index is 14.9. The molecule has 0 bridgehead atoms. The molecule has 2 fully saturated rings. The number of ether oxygens (including phenoxy) is 1. The Hall–Kier alpha value is -3.00. The van der Waals surface area contributed by atoms with Gasteiger partial charge in [-0.2, -0.15) is 0 Å². The van der Waals surface area contributed by atoms with E-state index < -0.39 is 34.9 Å². The first-order valence-electron chi connectivity index (χ1n) is 18.8. The van der Waals surface area contributed by atoms with Crippen LogP contribution in [-0.4, -0.2) is 62.8 Å². The molecule has 2 aliphatic heterocycles. The lowest BCUT2D eigenvalue weighted by molar-refractivity contribution is -0.163. The van der Waals surface area contributed by atoms with Crippen LogP contribution < -0.4 is 0 Å². The minimum Gasteiger partial charge on any atom is -0.393 e. The highest BCUT2D eigenvalue weighted by Crippen LogP contribution is 2.72. The third-order valence-electron chi connectivity index (χ3n) is 15.0. The summed E-state index contributed by atoms with van der Waals surface area (Å²) in [7, 11) is 3.52. The van der Waals surface area contributed by atoms with Crippen molar-refractivity contribution in [3.63, 3.8) is 0 Å². The van der Waals surface area contributed by atoms with Gasteiger partial charge in [0, 0.05) is 47.5 Å². The van der Waals surface area contributed by atoms with Crippen molar-refractivity contribution in [1.82, 2.24) is 9.47 Å². The fraction of sp³-hybridized carbons (Fsp3) is 0.628.